The van der Waals surface area contributed by atoms with Crippen LogP contribution < -0.4 is 11.5 Å². The molecular formula is C11H8Cl3N3. The number of halogens is 3. The van der Waals surface area contributed by atoms with Crippen LogP contribution in [0.1, 0.15) is 0 Å². The number of nitrogens with zero attached hydrogens (tertiary/aromatic N) is 1. The van der Waals surface area contributed by atoms with E-state index < -0.39 is 0 Å². The zero-order valence-corrected chi connectivity index (χ0v) is 10.8. The van der Waals surface area contributed by atoms with Crippen molar-refractivity contribution in [1.82, 2.24) is 4.98 Å². The van der Waals surface area contributed by atoms with E-state index in [4.69, 9.17) is 46.3 Å². The van der Waals surface area contributed by atoms with Gasteiger partial charge in [0.15, 0.2) is 0 Å². The summed E-state index contributed by atoms with van der Waals surface area (Å²) in [7, 11) is 0. The van der Waals surface area contributed by atoms with Crippen LogP contribution in [0.15, 0.2) is 24.5 Å². The van der Waals surface area contributed by atoms with Crippen LogP contribution in [0, 0.1) is 0 Å². The fraction of sp³-hybridized carbons (Fsp3) is 0. The molecule has 88 valence electrons. The Morgan fingerprint density at radius 1 is 0.941 bits per heavy atom. The number of rotatable bonds is 1. The summed E-state index contributed by atoms with van der Waals surface area (Å²) in [6.07, 6.45) is 3.04. The van der Waals surface area contributed by atoms with Gasteiger partial charge in [0.2, 0.25) is 0 Å². The lowest BCUT2D eigenvalue weighted by atomic mass is 10.1. The van der Waals surface area contributed by atoms with Crippen molar-refractivity contribution in [3.05, 3.63) is 39.6 Å². The first-order valence-corrected chi connectivity index (χ1v) is 5.78. The minimum Gasteiger partial charge on any atom is -0.396 e. The molecule has 0 aliphatic rings. The van der Waals surface area contributed by atoms with Crippen molar-refractivity contribution in [2.45, 2.75) is 0 Å². The molecule has 0 aliphatic carbocycles. The molecule has 2 rings (SSSR count). The highest BCUT2D eigenvalue weighted by Crippen LogP contribution is 2.39. The van der Waals surface area contributed by atoms with Crippen LogP contribution in [0.3, 0.4) is 0 Å². The van der Waals surface area contributed by atoms with E-state index in [1.807, 2.05) is 0 Å². The summed E-state index contributed by atoms with van der Waals surface area (Å²) < 4.78 is 0. The molecule has 1 heterocycles. The highest BCUT2D eigenvalue weighted by Gasteiger charge is 2.13. The summed E-state index contributed by atoms with van der Waals surface area (Å²) >= 11 is 18.0. The second-order valence-electron chi connectivity index (χ2n) is 3.44. The van der Waals surface area contributed by atoms with Crippen LogP contribution in [0.4, 0.5) is 11.4 Å². The van der Waals surface area contributed by atoms with E-state index in [0.717, 1.165) is 0 Å². The Labute approximate surface area is 113 Å². The lowest BCUT2D eigenvalue weighted by Crippen LogP contribution is -1.98. The first-order chi connectivity index (χ1) is 8.00. The predicted octanol–water partition coefficient (Wildman–Crippen LogP) is 3.87. The summed E-state index contributed by atoms with van der Waals surface area (Å²) in [5.41, 5.74) is 13.6. The highest BCUT2D eigenvalue weighted by molar-refractivity contribution is 6.45. The number of hydrogen-bond donors (Lipinski definition) is 2. The summed E-state index contributed by atoms with van der Waals surface area (Å²) in [5, 5.41) is 1.20. The molecule has 0 aliphatic heterocycles. The first kappa shape index (κ1) is 12.3. The van der Waals surface area contributed by atoms with Gasteiger partial charge in [-0.25, -0.2) is 0 Å². The molecule has 17 heavy (non-hydrogen) atoms. The van der Waals surface area contributed by atoms with Gasteiger partial charge in [0.05, 0.1) is 27.6 Å². The Kier molecular flexibility index (Phi) is 3.33. The number of aromatic nitrogens is 1. The van der Waals surface area contributed by atoms with Crippen molar-refractivity contribution in [2.75, 3.05) is 11.5 Å². The lowest BCUT2D eigenvalue weighted by Gasteiger charge is -2.10. The van der Waals surface area contributed by atoms with E-state index in [1.165, 1.54) is 6.20 Å². The number of pyridine rings is 1. The van der Waals surface area contributed by atoms with E-state index in [2.05, 4.69) is 4.98 Å². The molecule has 0 radical (unpaired) electrons. The van der Waals surface area contributed by atoms with Crippen LogP contribution >= 0.6 is 34.8 Å². The molecule has 6 heteroatoms. The average molecular weight is 289 g/mol. The Bertz CT molecular complexity index is 584. The van der Waals surface area contributed by atoms with E-state index in [9.17, 15) is 0 Å². The van der Waals surface area contributed by atoms with Gasteiger partial charge in [-0.3, -0.25) is 4.98 Å². The molecule has 4 N–H and O–H groups in total. The SMILES string of the molecule is Nc1cncc(-c2cc(Cl)cc(Cl)c2Cl)c1N. The van der Waals surface area contributed by atoms with Gasteiger partial charge in [-0.1, -0.05) is 34.8 Å². The molecule has 1 aromatic carbocycles. The third-order valence-corrected chi connectivity index (χ3v) is 3.32. The monoisotopic (exact) mass is 287 g/mol. The second kappa shape index (κ2) is 4.61. The molecule has 0 spiro atoms. The van der Waals surface area contributed by atoms with Gasteiger partial charge in [0.1, 0.15) is 0 Å². The van der Waals surface area contributed by atoms with Gasteiger partial charge >= 0.3 is 0 Å². The summed E-state index contributed by atoms with van der Waals surface area (Å²) in [6, 6.07) is 3.23. The van der Waals surface area contributed by atoms with Crippen LogP contribution in [0.5, 0.6) is 0 Å². The highest BCUT2D eigenvalue weighted by atomic mass is 35.5. The van der Waals surface area contributed by atoms with Crippen molar-refractivity contribution in [1.29, 1.82) is 0 Å². The Balaban J connectivity index is 2.73. The number of benzene rings is 1. The van der Waals surface area contributed by atoms with Crippen LogP contribution in [0.25, 0.3) is 11.1 Å². The molecule has 0 unspecified atom stereocenters. The fourth-order valence-electron chi connectivity index (χ4n) is 1.45. The number of hydrogen-bond acceptors (Lipinski definition) is 3. The van der Waals surface area contributed by atoms with Gasteiger partial charge in [0, 0.05) is 22.3 Å². The van der Waals surface area contributed by atoms with E-state index in [-0.39, 0.29) is 0 Å². The third kappa shape index (κ3) is 2.27. The van der Waals surface area contributed by atoms with Crippen molar-refractivity contribution >= 4 is 46.2 Å². The maximum absolute atomic E-state index is 6.11. The zero-order chi connectivity index (χ0) is 12.6. The minimum absolute atomic E-state index is 0.357. The van der Waals surface area contributed by atoms with Gasteiger partial charge in [0.25, 0.3) is 0 Å². The van der Waals surface area contributed by atoms with Gasteiger partial charge in [-0.15, -0.1) is 0 Å². The Morgan fingerprint density at radius 3 is 2.35 bits per heavy atom. The van der Waals surface area contributed by atoms with Gasteiger partial charge < -0.3 is 11.5 Å². The van der Waals surface area contributed by atoms with Crippen molar-refractivity contribution in [3.63, 3.8) is 0 Å². The summed E-state index contributed by atoms with van der Waals surface area (Å²) in [6.45, 7) is 0. The fourth-order valence-corrected chi connectivity index (χ4v) is 2.16. The summed E-state index contributed by atoms with van der Waals surface area (Å²) in [5.74, 6) is 0. The van der Waals surface area contributed by atoms with Gasteiger partial charge in [-0.2, -0.15) is 0 Å². The molecule has 1 aromatic heterocycles. The van der Waals surface area contributed by atoms with Crippen LogP contribution in [-0.2, 0) is 0 Å². The number of nitrogens with two attached hydrogens (primary N) is 2. The molecule has 0 bridgehead atoms. The Morgan fingerprint density at radius 2 is 1.65 bits per heavy atom. The quantitative estimate of drug-likeness (QED) is 0.783. The number of anilines is 2. The van der Waals surface area contributed by atoms with Crippen LogP contribution in [0.2, 0.25) is 15.1 Å². The van der Waals surface area contributed by atoms with E-state index >= 15 is 0 Å². The maximum atomic E-state index is 6.11. The molecule has 0 saturated heterocycles. The molecule has 2 aromatic rings. The smallest absolute Gasteiger partial charge is 0.0740 e. The van der Waals surface area contributed by atoms with Crippen molar-refractivity contribution < 1.29 is 0 Å². The summed E-state index contributed by atoms with van der Waals surface area (Å²) in [4.78, 5) is 3.97. The van der Waals surface area contributed by atoms with Crippen molar-refractivity contribution in [2.24, 2.45) is 0 Å². The van der Waals surface area contributed by atoms with Gasteiger partial charge in [-0.05, 0) is 12.1 Å². The lowest BCUT2D eigenvalue weighted by molar-refractivity contribution is 1.33. The Hall–Kier alpha value is -1.16. The third-order valence-electron chi connectivity index (χ3n) is 2.30. The largest absolute Gasteiger partial charge is 0.396 e. The van der Waals surface area contributed by atoms with E-state index in [1.54, 1.807) is 18.3 Å². The molecule has 0 amide bonds. The minimum atomic E-state index is 0.357. The number of nitrogen functional groups attached to an aromatic ring is 2. The average Bonchev–Trinajstić information content (AvgIpc) is 2.27. The molecule has 0 fully saturated rings. The first-order valence-electron chi connectivity index (χ1n) is 4.64. The topological polar surface area (TPSA) is 64.9 Å². The standard InChI is InChI=1S/C11H8Cl3N3/c12-5-1-6(10(14)8(13)2-5)7-3-17-4-9(15)11(7)16/h1-4H,15H2,(H2,16,17). The van der Waals surface area contributed by atoms with Crippen LogP contribution in [-0.4, -0.2) is 4.98 Å². The maximum Gasteiger partial charge on any atom is 0.0740 e. The molecule has 3 nitrogen and oxygen atoms in total. The second-order valence-corrected chi connectivity index (χ2v) is 4.66. The predicted molar refractivity (Wildman–Crippen MR) is 73.5 cm³/mol. The molecular weight excluding hydrogens is 281 g/mol. The molecule has 0 saturated carbocycles. The molecule has 0 atom stereocenters. The normalized spacial score (nSPS) is 10.5. The zero-order valence-electron chi connectivity index (χ0n) is 8.55. The van der Waals surface area contributed by atoms with E-state index in [0.29, 0.717) is 37.6 Å². The van der Waals surface area contributed by atoms with Crippen molar-refractivity contribution in [3.8, 4) is 11.1 Å².